The van der Waals surface area contributed by atoms with E-state index in [1.165, 1.54) is 0 Å². The number of rotatable bonds is 16. The number of carbonyl (C=O) groups excluding carboxylic acids is 2. The molecular weight excluding hydrogens is 1030 g/mol. The molecular formula is C28H37I4N2O8P. The predicted octanol–water partition coefficient (Wildman–Crippen LogP) is 6.47. The fourth-order valence-electron chi connectivity index (χ4n) is 3.69. The average molecular weight is 1070 g/mol. The number of aryl methyl sites for hydroxylation is 2. The highest BCUT2D eigenvalue weighted by Crippen LogP contribution is 2.44. The zero-order valence-corrected chi connectivity index (χ0v) is 34.1. The van der Waals surface area contributed by atoms with Crippen molar-refractivity contribution >= 4 is 110 Å². The molecule has 2 atom stereocenters. The maximum Gasteiger partial charge on any atom is 0.472 e. The molecule has 3 N–H and O–H groups in total. The van der Waals surface area contributed by atoms with Crippen LogP contribution in [0.2, 0.25) is 0 Å². The standard InChI is InChI=1S/C28H37I4N2O8P/c1-28(2,3)16-42-43(37,38)41-15-19(34-25(36)9-7-18-12-22(31)27(40-5)23(32)13-18)14-33-24(35)8-6-17-10-20(29)26(39-4)21(30)11-17/h10-13,19H,6-9,14-16H2,1-5H3,(H,33,35)(H,34,36)(H,37,38)/t19-/m1/s1. The molecule has 1 unspecified atom stereocenters. The highest BCUT2D eigenvalue weighted by molar-refractivity contribution is 14.1. The van der Waals surface area contributed by atoms with E-state index in [0.717, 1.165) is 36.9 Å². The van der Waals surface area contributed by atoms with Gasteiger partial charge in [0.05, 0.1) is 47.8 Å². The van der Waals surface area contributed by atoms with Crippen molar-refractivity contribution in [2.75, 3.05) is 34.0 Å². The first-order valence-electron chi connectivity index (χ1n) is 13.2. The van der Waals surface area contributed by atoms with E-state index >= 15 is 0 Å². The summed E-state index contributed by atoms with van der Waals surface area (Å²) in [7, 11) is -1.13. The van der Waals surface area contributed by atoms with E-state index in [0.29, 0.717) is 12.8 Å². The lowest BCUT2D eigenvalue weighted by atomic mass is 9.99. The van der Waals surface area contributed by atoms with Gasteiger partial charge in [0, 0.05) is 19.4 Å². The molecule has 0 spiro atoms. The Hall–Kier alpha value is 0.01000. The Balaban J connectivity index is 2.01. The monoisotopic (exact) mass is 1070 g/mol. The van der Waals surface area contributed by atoms with Crippen LogP contribution in [0.3, 0.4) is 0 Å². The Labute approximate surface area is 308 Å². The molecule has 0 radical (unpaired) electrons. The molecule has 10 nitrogen and oxygen atoms in total. The number of halogens is 4. The van der Waals surface area contributed by atoms with Gasteiger partial charge in [-0.2, -0.15) is 0 Å². The molecule has 0 aromatic heterocycles. The van der Waals surface area contributed by atoms with Gasteiger partial charge in [-0.25, -0.2) is 4.57 Å². The van der Waals surface area contributed by atoms with Gasteiger partial charge in [0.1, 0.15) is 11.5 Å². The summed E-state index contributed by atoms with van der Waals surface area (Å²) in [4.78, 5) is 35.8. The number of phosphoric ester groups is 1. The summed E-state index contributed by atoms with van der Waals surface area (Å²) in [5.41, 5.74) is 1.63. The van der Waals surface area contributed by atoms with Gasteiger partial charge in [-0.1, -0.05) is 20.8 Å². The number of hydrogen-bond donors (Lipinski definition) is 3. The van der Waals surface area contributed by atoms with Crippen LogP contribution in [0.4, 0.5) is 0 Å². The third kappa shape index (κ3) is 14.5. The van der Waals surface area contributed by atoms with Crippen LogP contribution < -0.4 is 20.1 Å². The van der Waals surface area contributed by atoms with Crippen LogP contribution in [0.25, 0.3) is 0 Å². The quantitative estimate of drug-likeness (QED) is 0.129. The van der Waals surface area contributed by atoms with E-state index in [4.69, 9.17) is 18.5 Å². The van der Waals surface area contributed by atoms with Crippen molar-refractivity contribution < 1.29 is 37.6 Å². The minimum absolute atomic E-state index is 0.0111. The summed E-state index contributed by atoms with van der Waals surface area (Å²) >= 11 is 8.80. The number of nitrogens with one attached hydrogen (secondary N) is 2. The Morgan fingerprint density at radius 3 is 1.70 bits per heavy atom. The first kappa shape index (κ1) is 39.2. The second kappa shape index (κ2) is 18.4. The van der Waals surface area contributed by atoms with Crippen molar-refractivity contribution in [3.63, 3.8) is 0 Å². The summed E-state index contributed by atoms with van der Waals surface area (Å²) in [5, 5.41) is 5.64. The molecule has 2 amide bonds. The molecule has 240 valence electrons. The minimum atomic E-state index is -4.37. The van der Waals surface area contributed by atoms with Gasteiger partial charge in [0.15, 0.2) is 0 Å². The largest absolute Gasteiger partial charge is 0.495 e. The lowest BCUT2D eigenvalue weighted by molar-refractivity contribution is -0.123. The van der Waals surface area contributed by atoms with Crippen molar-refractivity contribution in [3.05, 3.63) is 49.7 Å². The Bertz CT molecular complexity index is 1280. The van der Waals surface area contributed by atoms with Gasteiger partial charge in [-0.05, 0) is 144 Å². The maximum absolute atomic E-state index is 12.9. The van der Waals surface area contributed by atoms with Crippen LogP contribution in [0, 0.1) is 19.7 Å². The second-order valence-corrected chi connectivity index (χ2v) is 17.0. The van der Waals surface area contributed by atoms with Gasteiger partial charge >= 0.3 is 7.82 Å². The van der Waals surface area contributed by atoms with E-state index in [9.17, 15) is 19.0 Å². The zero-order valence-electron chi connectivity index (χ0n) is 24.6. The lowest BCUT2D eigenvalue weighted by Gasteiger charge is -2.23. The van der Waals surface area contributed by atoms with Gasteiger partial charge in [-0.3, -0.25) is 18.6 Å². The Morgan fingerprint density at radius 2 is 1.28 bits per heavy atom. The predicted molar refractivity (Wildman–Crippen MR) is 200 cm³/mol. The van der Waals surface area contributed by atoms with Crippen LogP contribution >= 0.6 is 98.2 Å². The molecule has 0 saturated carbocycles. The number of amides is 2. The van der Waals surface area contributed by atoms with Crippen molar-refractivity contribution in [1.82, 2.24) is 10.6 Å². The van der Waals surface area contributed by atoms with Gasteiger partial charge in [0.25, 0.3) is 0 Å². The molecule has 0 aliphatic heterocycles. The zero-order chi connectivity index (χ0) is 32.4. The third-order valence-electron chi connectivity index (χ3n) is 5.82. The molecule has 0 aliphatic rings. The fourth-order valence-corrected chi connectivity index (χ4v) is 9.36. The molecule has 0 heterocycles. The minimum Gasteiger partial charge on any atom is -0.495 e. The number of carbonyl (C=O) groups is 2. The molecule has 2 aromatic carbocycles. The van der Waals surface area contributed by atoms with E-state index in [2.05, 4.69) is 101 Å². The molecule has 0 aliphatic carbocycles. The van der Waals surface area contributed by atoms with Crippen LogP contribution in [-0.4, -0.2) is 56.7 Å². The van der Waals surface area contributed by atoms with E-state index in [-0.39, 0.29) is 49.8 Å². The van der Waals surface area contributed by atoms with Crippen molar-refractivity contribution in [2.24, 2.45) is 5.41 Å². The molecule has 0 saturated heterocycles. The molecule has 15 heteroatoms. The van der Waals surface area contributed by atoms with Crippen LogP contribution in [0.15, 0.2) is 24.3 Å². The molecule has 0 bridgehead atoms. The van der Waals surface area contributed by atoms with Gasteiger partial charge in [-0.15, -0.1) is 0 Å². The number of hydrogen-bond acceptors (Lipinski definition) is 7. The summed E-state index contributed by atoms with van der Waals surface area (Å²) in [6.07, 6.45) is 1.40. The van der Waals surface area contributed by atoms with Crippen LogP contribution in [0.1, 0.15) is 44.7 Å². The lowest BCUT2D eigenvalue weighted by Crippen LogP contribution is -2.46. The third-order valence-corrected chi connectivity index (χ3v) is 9.95. The topological polar surface area (TPSA) is 132 Å². The highest BCUT2D eigenvalue weighted by atomic mass is 127. The maximum atomic E-state index is 12.9. The van der Waals surface area contributed by atoms with E-state index < -0.39 is 13.9 Å². The molecule has 2 rings (SSSR count). The smallest absolute Gasteiger partial charge is 0.472 e. The first-order chi connectivity index (χ1) is 20.0. The Kier molecular flexibility index (Phi) is 16.7. The van der Waals surface area contributed by atoms with Crippen LogP contribution in [0.5, 0.6) is 11.5 Å². The van der Waals surface area contributed by atoms with Crippen molar-refractivity contribution in [1.29, 1.82) is 0 Å². The van der Waals surface area contributed by atoms with Crippen LogP contribution in [-0.2, 0) is 36.0 Å². The summed E-state index contributed by atoms with van der Waals surface area (Å²) in [6.45, 7) is 5.30. The molecule has 0 fully saturated rings. The highest BCUT2D eigenvalue weighted by Gasteiger charge is 2.27. The van der Waals surface area contributed by atoms with E-state index in [1.54, 1.807) is 14.2 Å². The van der Waals surface area contributed by atoms with Crippen molar-refractivity contribution in [3.8, 4) is 11.5 Å². The number of phosphoric acid groups is 1. The summed E-state index contributed by atoms with van der Waals surface area (Å²) in [5.74, 6) is 1.09. The number of benzene rings is 2. The number of methoxy groups -OCH3 is 2. The summed E-state index contributed by atoms with van der Waals surface area (Å²) < 4.78 is 37.4. The van der Waals surface area contributed by atoms with E-state index in [1.807, 2.05) is 45.0 Å². The normalized spacial score (nSPS) is 13.6. The molecule has 43 heavy (non-hydrogen) atoms. The fraction of sp³-hybridized carbons (Fsp3) is 0.500. The Morgan fingerprint density at radius 1 is 0.837 bits per heavy atom. The average Bonchev–Trinajstić information content (AvgIpc) is 2.90. The second-order valence-electron chi connectivity index (χ2n) is 10.9. The summed E-state index contributed by atoms with van der Waals surface area (Å²) in [6, 6.07) is 7.14. The van der Waals surface area contributed by atoms with Gasteiger partial charge in [0.2, 0.25) is 11.8 Å². The SMILES string of the molecule is COc1c(I)cc(CCC(=O)NC[C@H](COP(=O)(O)OCC(C)(C)C)NC(=O)CCc2cc(I)c(OC)c(I)c2)cc1I. The molecule has 2 aromatic rings. The van der Waals surface area contributed by atoms with Crippen molar-refractivity contribution in [2.45, 2.75) is 52.5 Å². The van der Waals surface area contributed by atoms with Gasteiger partial charge < -0.3 is 25.0 Å². The number of ether oxygens (including phenoxy) is 2. The first-order valence-corrected chi connectivity index (χ1v) is 19.1.